The summed E-state index contributed by atoms with van der Waals surface area (Å²) in [5.74, 6) is 0.256. The van der Waals surface area contributed by atoms with E-state index >= 15 is 0 Å². The van der Waals surface area contributed by atoms with Gasteiger partial charge >= 0.3 is 5.97 Å². The zero-order valence-corrected chi connectivity index (χ0v) is 17.8. The Morgan fingerprint density at radius 3 is 2.26 bits per heavy atom. The Morgan fingerprint density at radius 2 is 1.56 bits per heavy atom. The smallest absolute Gasteiger partial charge is 0.293 e. The molecule has 1 aromatic rings. The molecule has 0 heterocycles. The quantitative estimate of drug-likeness (QED) is 0.173. The van der Waals surface area contributed by atoms with Crippen molar-refractivity contribution in [2.24, 2.45) is 5.92 Å². The second-order valence-electron chi connectivity index (χ2n) is 7.59. The van der Waals surface area contributed by atoms with Gasteiger partial charge in [-0.1, -0.05) is 103 Å². The summed E-state index contributed by atoms with van der Waals surface area (Å²) in [6.45, 7) is 7.16. The molecule has 1 aromatic carbocycles. The molecule has 0 fully saturated rings. The van der Waals surface area contributed by atoms with Gasteiger partial charge < -0.3 is 0 Å². The molecule has 3 nitrogen and oxygen atoms in total. The molecule has 0 saturated heterocycles. The van der Waals surface area contributed by atoms with Crippen LogP contribution in [0.3, 0.4) is 0 Å². The maximum absolute atomic E-state index is 12.4. The molecule has 154 valence electrons. The predicted molar refractivity (Wildman–Crippen MR) is 113 cm³/mol. The van der Waals surface area contributed by atoms with Gasteiger partial charge in [-0.3, -0.25) is 4.89 Å². The standard InChI is InChI=1S/C24H40O3/c1-4-7-9-10-11-12-15-19-26-27-24(25)23-18-14-13-17-22(23)20-21(6-3)16-8-5-2/h13-14,17-18,21H,4-12,15-16,19-20H2,1-3H3. The van der Waals surface area contributed by atoms with Gasteiger partial charge in [-0.2, -0.15) is 4.89 Å². The summed E-state index contributed by atoms with van der Waals surface area (Å²) in [5, 5.41) is 0. The van der Waals surface area contributed by atoms with Gasteiger partial charge in [0, 0.05) is 0 Å². The minimum atomic E-state index is -0.362. The van der Waals surface area contributed by atoms with Gasteiger partial charge in [0.25, 0.3) is 0 Å². The molecule has 0 bridgehead atoms. The van der Waals surface area contributed by atoms with E-state index in [0.29, 0.717) is 18.1 Å². The molecule has 1 rings (SSSR count). The summed E-state index contributed by atoms with van der Waals surface area (Å²) in [7, 11) is 0. The van der Waals surface area contributed by atoms with Gasteiger partial charge in [-0.05, 0) is 30.4 Å². The van der Waals surface area contributed by atoms with E-state index in [9.17, 15) is 4.79 Å². The van der Waals surface area contributed by atoms with E-state index in [1.165, 1.54) is 51.4 Å². The van der Waals surface area contributed by atoms with Crippen LogP contribution in [0.1, 0.15) is 107 Å². The fourth-order valence-corrected chi connectivity index (χ4v) is 3.41. The van der Waals surface area contributed by atoms with E-state index in [0.717, 1.165) is 31.2 Å². The van der Waals surface area contributed by atoms with Gasteiger partial charge in [0.1, 0.15) is 0 Å². The Kier molecular flexibility index (Phi) is 13.8. The van der Waals surface area contributed by atoms with Crippen LogP contribution in [0.25, 0.3) is 0 Å². The second-order valence-corrected chi connectivity index (χ2v) is 7.59. The fraction of sp³-hybridized carbons (Fsp3) is 0.708. The van der Waals surface area contributed by atoms with Gasteiger partial charge in [-0.15, -0.1) is 0 Å². The lowest BCUT2D eigenvalue weighted by atomic mass is 9.90. The fourth-order valence-electron chi connectivity index (χ4n) is 3.41. The van der Waals surface area contributed by atoms with Crippen molar-refractivity contribution in [3.05, 3.63) is 35.4 Å². The maximum atomic E-state index is 12.4. The number of carbonyl (C=O) groups excluding carboxylic acids is 1. The van der Waals surface area contributed by atoms with E-state index in [-0.39, 0.29) is 5.97 Å². The van der Waals surface area contributed by atoms with E-state index in [2.05, 4.69) is 20.8 Å². The van der Waals surface area contributed by atoms with E-state index in [1.807, 2.05) is 24.3 Å². The summed E-state index contributed by atoms with van der Waals surface area (Å²) >= 11 is 0. The van der Waals surface area contributed by atoms with Crippen LogP contribution in [-0.4, -0.2) is 12.6 Å². The van der Waals surface area contributed by atoms with Gasteiger partial charge in [0.15, 0.2) is 0 Å². The van der Waals surface area contributed by atoms with Crippen LogP contribution in [0.2, 0.25) is 0 Å². The molecule has 0 aromatic heterocycles. The summed E-state index contributed by atoms with van der Waals surface area (Å²) < 4.78 is 0. The normalized spacial score (nSPS) is 12.1. The zero-order valence-electron chi connectivity index (χ0n) is 17.8. The van der Waals surface area contributed by atoms with Crippen molar-refractivity contribution in [3.63, 3.8) is 0 Å². The average molecular weight is 377 g/mol. The third-order valence-electron chi connectivity index (χ3n) is 5.25. The predicted octanol–water partition coefficient (Wildman–Crippen LogP) is 7.28. The van der Waals surface area contributed by atoms with Crippen molar-refractivity contribution < 1.29 is 14.6 Å². The third-order valence-corrected chi connectivity index (χ3v) is 5.25. The molecule has 0 aliphatic rings. The van der Waals surface area contributed by atoms with Crippen LogP contribution in [0.5, 0.6) is 0 Å². The SMILES string of the molecule is CCCCCCCCCOOC(=O)c1ccccc1CC(CC)CCCC. The van der Waals surface area contributed by atoms with Crippen molar-refractivity contribution in [2.75, 3.05) is 6.61 Å². The molecule has 0 aliphatic heterocycles. The Bertz CT molecular complexity index is 498. The van der Waals surface area contributed by atoms with Crippen LogP contribution in [0.4, 0.5) is 0 Å². The first-order chi connectivity index (χ1) is 13.2. The van der Waals surface area contributed by atoms with Crippen molar-refractivity contribution >= 4 is 5.97 Å². The molecule has 0 aliphatic carbocycles. The first kappa shape index (κ1) is 23.7. The summed E-state index contributed by atoms with van der Waals surface area (Å²) in [5.41, 5.74) is 1.72. The first-order valence-corrected chi connectivity index (χ1v) is 11.1. The van der Waals surface area contributed by atoms with Crippen LogP contribution in [0.15, 0.2) is 24.3 Å². The largest absolute Gasteiger partial charge is 0.373 e. The molecule has 0 radical (unpaired) electrons. The van der Waals surface area contributed by atoms with Gasteiger partial charge in [0.05, 0.1) is 12.2 Å². The molecular weight excluding hydrogens is 336 g/mol. The number of hydrogen-bond acceptors (Lipinski definition) is 3. The van der Waals surface area contributed by atoms with Crippen molar-refractivity contribution in [1.29, 1.82) is 0 Å². The van der Waals surface area contributed by atoms with Crippen LogP contribution in [0, 0.1) is 5.92 Å². The molecule has 3 heteroatoms. The number of rotatable bonds is 16. The van der Waals surface area contributed by atoms with Gasteiger partial charge in [0.2, 0.25) is 0 Å². The van der Waals surface area contributed by atoms with Crippen molar-refractivity contribution in [1.82, 2.24) is 0 Å². The monoisotopic (exact) mass is 376 g/mol. The lowest BCUT2D eigenvalue weighted by molar-refractivity contribution is -0.241. The van der Waals surface area contributed by atoms with E-state index < -0.39 is 0 Å². The summed E-state index contributed by atoms with van der Waals surface area (Å²) in [6, 6.07) is 7.78. The first-order valence-electron chi connectivity index (χ1n) is 11.1. The second kappa shape index (κ2) is 15.7. The van der Waals surface area contributed by atoms with Crippen LogP contribution < -0.4 is 0 Å². The Labute approximate surface area is 166 Å². The Hall–Kier alpha value is -1.35. The summed E-state index contributed by atoms with van der Waals surface area (Å²) in [4.78, 5) is 22.7. The van der Waals surface area contributed by atoms with Crippen molar-refractivity contribution in [2.45, 2.75) is 97.8 Å². The van der Waals surface area contributed by atoms with Crippen LogP contribution >= 0.6 is 0 Å². The number of unbranched alkanes of at least 4 members (excludes halogenated alkanes) is 7. The zero-order chi connectivity index (χ0) is 19.7. The Morgan fingerprint density at radius 1 is 0.889 bits per heavy atom. The van der Waals surface area contributed by atoms with E-state index in [4.69, 9.17) is 9.78 Å². The highest BCUT2D eigenvalue weighted by molar-refractivity contribution is 5.90. The number of carbonyl (C=O) groups is 1. The minimum absolute atomic E-state index is 0.362. The average Bonchev–Trinajstić information content (AvgIpc) is 2.70. The van der Waals surface area contributed by atoms with Crippen molar-refractivity contribution in [3.8, 4) is 0 Å². The Balaban J connectivity index is 2.35. The molecule has 1 atom stereocenters. The molecule has 0 N–H and O–H groups in total. The van der Waals surface area contributed by atoms with Gasteiger partial charge in [-0.25, -0.2) is 4.79 Å². The highest BCUT2D eigenvalue weighted by Crippen LogP contribution is 2.21. The number of benzene rings is 1. The lowest BCUT2D eigenvalue weighted by Crippen LogP contribution is -2.12. The molecule has 27 heavy (non-hydrogen) atoms. The summed E-state index contributed by atoms with van der Waals surface area (Å²) in [6.07, 6.45) is 14.3. The lowest BCUT2D eigenvalue weighted by Gasteiger charge is -2.16. The van der Waals surface area contributed by atoms with E-state index in [1.54, 1.807) is 0 Å². The molecule has 0 amide bonds. The minimum Gasteiger partial charge on any atom is -0.293 e. The number of hydrogen-bond donors (Lipinski definition) is 0. The maximum Gasteiger partial charge on any atom is 0.373 e. The van der Waals surface area contributed by atoms with Crippen LogP contribution in [-0.2, 0) is 16.2 Å². The molecule has 0 saturated carbocycles. The highest BCUT2D eigenvalue weighted by atomic mass is 17.2. The topological polar surface area (TPSA) is 35.5 Å². The molecule has 1 unspecified atom stereocenters. The molecular formula is C24H40O3. The molecule has 0 spiro atoms. The highest BCUT2D eigenvalue weighted by Gasteiger charge is 2.16. The third kappa shape index (κ3) is 10.5.